The second kappa shape index (κ2) is 9.55. The highest BCUT2D eigenvalue weighted by atomic mass is 35.5. The highest BCUT2D eigenvalue weighted by Gasteiger charge is 2.27. The van der Waals surface area contributed by atoms with Gasteiger partial charge in [0.05, 0.1) is 7.11 Å². The summed E-state index contributed by atoms with van der Waals surface area (Å²) in [6, 6.07) is 5.21. The van der Waals surface area contributed by atoms with Crippen LogP contribution in [0.5, 0.6) is 11.5 Å². The maximum absolute atomic E-state index is 12.4. The van der Waals surface area contributed by atoms with E-state index in [2.05, 4.69) is 24.1 Å². The van der Waals surface area contributed by atoms with Crippen molar-refractivity contribution in [3.63, 3.8) is 0 Å². The van der Waals surface area contributed by atoms with Crippen LogP contribution in [-0.4, -0.2) is 39.3 Å². The Hall–Kier alpha value is -1.72. The molecule has 0 saturated carbocycles. The predicted molar refractivity (Wildman–Crippen MR) is 98.5 cm³/mol. The zero-order valence-corrected chi connectivity index (χ0v) is 15.2. The third-order valence-electron chi connectivity index (χ3n) is 4.27. The summed E-state index contributed by atoms with van der Waals surface area (Å²) in [5.74, 6) is 1.07. The maximum Gasteiger partial charge on any atom is 0.251 e. The van der Waals surface area contributed by atoms with E-state index < -0.39 is 0 Å². The number of methoxy groups -OCH3 is 1. The van der Waals surface area contributed by atoms with E-state index in [4.69, 9.17) is 9.47 Å². The van der Waals surface area contributed by atoms with Gasteiger partial charge in [0, 0.05) is 12.1 Å². The minimum atomic E-state index is -0.0849. The molecule has 1 fully saturated rings. The molecule has 0 unspecified atom stereocenters. The molecule has 1 amide bonds. The van der Waals surface area contributed by atoms with Crippen molar-refractivity contribution in [1.29, 1.82) is 0 Å². The zero-order valence-electron chi connectivity index (χ0n) is 14.4. The second-order valence-corrected chi connectivity index (χ2v) is 6.21. The van der Waals surface area contributed by atoms with Gasteiger partial charge in [-0.25, -0.2) is 0 Å². The van der Waals surface area contributed by atoms with Crippen molar-refractivity contribution in [2.75, 3.05) is 33.4 Å². The average molecular weight is 355 g/mol. The maximum atomic E-state index is 12.4. The van der Waals surface area contributed by atoms with Gasteiger partial charge in [-0.15, -0.1) is 12.4 Å². The standard InChI is InChI=1S/C18H26N2O3.ClH/c1-4-11-23-15-6-5-14(12-16(15)22-3)17(21)20-13-18(2)7-9-19-10-8-18;/h4-6,12,19H,1,7-11,13H2,2-3H3,(H,20,21);1H. The van der Waals surface area contributed by atoms with Crippen LogP contribution in [-0.2, 0) is 0 Å². The van der Waals surface area contributed by atoms with Crippen LogP contribution in [0.3, 0.4) is 0 Å². The molecule has 24 heavy (non-hydrogen) atoms. The lowest BCUT2D eigenvalue weighted by molar-refractivity contribution is 0.0922. The van der Waals surface area contributed by atoms with Crippen molar-refractivity contribution in [3.05, 3.63) is 36.4 Å². The first-order chi connectivity index (χ1) is 11.1. The molecular weight excluding hydrogens is 328 g/mol. The van der Waals surface area contributed by atoms with Crippen molar-refractivity contribution in [2.24, 2.45) is 5.41 Å². The summed E-state index contributed by atoms with van der Waals surface area (Å²) < 4.78 is 10.8. The molecule has 0 atom stereocenters. The third-order valence-corrected chi connectivity index (χ3v) is 4.27. The van der Waals surface area contributed by atoms with E-state index in [1.54, 1.807) is 31.4 Å². The molecule has 5 nitrogen and oxygen atoms in total. The summed E-state index contributed by atoms with van der Waals surface area (Å²) in [6.07, 6.45) is 3.82. The number of amides is 1. The first-order valence-electron chi connectivity index (χ1n) is 7.99. The van der Waals surface area contributed by atoms with Gasteiger partial charge in [-0.2, -0.15) is 0 Å². The van der Waals surface area contributed by atoms with Crippen LogP contribution in [0.15, 0.2) is 30.9 Å². The Kier molecular flexibility index (Phi) is 8.08. The van der Waals surface area contributed by atoms with Crippen LogP contribution in [0.1, 0.15) is 30.1 Å². The number of nitrogens with one attached hydrogen (secondary N) is 2. The van der Waals surface area contributed by atoms with E-state index in [-0.39, 0.29) is 23.7 Å². The normalized spacial score (nSPS) is 15.8. The van der Waals surface area contributed by atoms with Gasteiger partial charge in [-0.05, 0) is 49.5 Å². The molecule has 1 heterocycles. The number of ether oxygens (including phenoxy) is 2. The molecule has 2 rings (SSSR count). The SMILES string of the molecule is C=CCOc1ccc(C(=O)NCC2(C)CCNCC2)cc1OC.Cl. The smallest absolute Gasteiger partial charge is 0.251 e. The molecule has 134 valence electrons. The fourth-order valence-corrected chi connectivity index (χ4v) is 2.68. The Labute approximate surface area is 150 Å². The summed E-state index contributed by atoms with van der Waals surface area (Å²) in [5, 5.41) is 6.39. The van der Waals surface area contributed by atoms with Gasteiger partial charge in [0.15, 0.2) is 11.5 Å². The lowest BCUT2D eigenvalue weighted by Crippen LogP contribution is -2.42. The Balaban J connectivity index is 0.00000288. The van der Waals surface area contributed by atoms with Gasteiger partial charge in [-0.1, -0.05) is 19.6 Å². The molecule has 1 aliphatic heterocycles. The van der Waals surface area contributed by atoms with Crippen LogP contribution in [0.25, 0.3) is 0 Å². The second-order valence-electron chi connectivity index (χ2n) is 6.21. The zero-order chi connectivity index (χ0) is 16.7. The summed E-state index contributed by atoms with van der Waals surface area (Å²) in [4.78, 5) is 12.4. The van der Waals surface area contributed by atoms with Crippen LogP contribution in [0.2, 0.25) is 0 Å². The van der Waals surface area contributed by atoms with E-state index in [0.717, 1.165) is 25.9 Å². The molecule has 0 radical (unpaired) electrons. The summed E-state index contributed by atoms with van der Waals surface area (Å²) in [5.41, 5.74) is 0.739. The van der Waals surface area contributed by atoms with Gasteiger partial charge in [0.1, 0.15) is 6.61 Å². The van der Waals surface area contributed by atoms with E-state index in [0.29, 0.717) is 30.2 Å². The molecule has 1 aromatic rings. The number of piperidine rings is 1. The summed E-state index contributed by atoms with van der Waals surface area (Å²) in [6.45, 7) is 8.94. The van der Waals surface area contributed by atoms with E-state index in [1.165, 1.54) is 0 Å². The van der Waals surface area contributed by atoms with E-state index in [1.807, 2.05) is 0 Å². The molecular formula is C18H27ClN2O3. The largest absolute Gasteiger partial charge is 0.493 e. The fourth-order valence-electron chi connectivity index (χ4n) is 2.68. The first kappa shape index (κ1) is 20.3. The van der Waals surface area contributed by atoms with Gasteiger partial charge < -0.3 is 20.1 Å². The van der Waals surface area contributed by atoms with Crippen molar-refractivity contribution in [2.45, 2.75) is 19.8 Å². The molecule has 6 heteroatoms. The molecule has 0 spiro atoms. The Morgan fingerprint density at radius 2 is 2.08 bits per heavy atom. The van der Waals surface area contributed by atoms with Crippen molar-refractivity contribution in [3.8, 4) is 11.5 Å². The van der Waals surface area contributed by atoms with E-state index >= 15 is 0 Å². The quantitative estimate of drug-likeness (QED) is 0.739. The van der Waals surface area contributed by atoms with Crippen molar-refractivity contribution < 1.29 is 14.3 Å². The lowest BCUT2D eigenvalue weighted by Gasteiger charge is -2.34. The highest BCUT2D eigenvalue weighted by molar-refractivity contribution is 5.94. The first-order valence-corrected chi connectivity index (χ1v) is 7.99. The van der Waals surface area contributed by atoms with Crippen molar-refractivity contribution >= 4 is 18.3 Å². The topological polar surface area (TPSA) is 59.6 Å². The fraction of sp³-hybridized carbons (Fsp3) is 0.500. The molecule has 0 aliphatic carbocycles. The summed E-state index contributed by atoms with van der Waals surface area (Å²) >= 11 is 0. The number of benzene rings is 1. The number of halogens is 1. The Morgan fingerprint density at radius 3 is 2.71 bits per heavy atom. The minimum absolute atomic E-state index is 0. The minimum Gasteiger partial charge on any atom is -0.493 e. The number of carbonyl (C=O) groups is 1. The predicted octanol–water partition coefficient (Wildman–Crippen LogP) is 2.80. The number of carbonyl (C=O) groups excluding carboxylic acids is 1. The van der Waals surface area contributed by atoms with Crippen LogP contribution in [0.4, 0.5) is 0 Å². The van der Waals surface area contributed by atoms with Crippen LogP contribution < -0.4 is 20.1 Å². The number of hydrogen-bond donors (Lipinski definition) is 2. The average Bonchev–Trinajstić information content (AvgIpc) is 2.58. The summed E-state index contributed by atoms with van der Waals surface area (Å²) in [7, 11) is 1.56. The molecule has 1 aromatic carbocycles. The van der Waals surface area contributed by atoms with Gasteiger partial charge in [0.25, 0.3) is 5.91 Å². The third kappa shape index (κ3) is 5.42. The van der Waals surface area contributed by atoms with Gasteiger partial charge in [0.2, 0.25) is 0 Å². The molecule has 1 aliphatic rings. The van der Waals surface area contributed by atoms with Crippen LogP contribution >= 0.6 is 12.4 Å². The highest BCUT2D eigenvalue weighted by Crippen LogP contribution is 2.29. The lowest BCUT2D eigenvalue weighted by atomic mass is 9.81. The molecule has 1 saturated heterocycles. The molecule has 2 N–H and O–H groups in total. The van der Waals surface area contributed by atoms with E-state index in [9.17, 15) is 4.79 Å². The van der Waals surface area contributed by atoms with Gasteiger partial charge >= 0.3 is 0 Å². The Morgan fingerprint density at radius 1 is 1.38 bits per heavy atom. The number of rotatable bonds is 7. The Bertz CT molecular complexity index is 557. The molecule has 0 aromatic heterocycles. The number of hydrogen-bond acceptors (Lipinski definition) is 4. The van der Waals surface area contributed by atoms with Gasteiger partial charge in [-0.3, -0.25) is 4.79 Å². The monoisotopic (exact) mass is 354 g/mol. The van der Waals surface area contributed by atoms with Crippen molar-refractivity contribution in [1.82, 2.24) is 10.6 Å². The molecule has 0 bridgehead atoms. The van der Waals surface area contributed by atoms with Crippen LogP contribution in [0, 0.1) is 5.41 Å².